The van der Waals surface area contributed by atoms with Crippen molar-refractivity contribution in [2.75, 3.05) is 16.9 Å². The average Bonchev–Trinajstić information content (AvgIpc) is 3.07. The minimum absolute atomic E-state index is 0.00179. The second kappa shape index (κ2) is 5.46. The first-order valence-electron chi connectivity index (χ1n) is 6.66. The molecule has 2 N–H and O–H groups in total. The maximum atomic E-state index is 12.0. The third-order valence-electron chi connectivity index (χ3n) is 3.20. The van der Waals surface area contributed by atoms with Crippen LogP contribution >= 0.6 is 11.8 Å². The Hall–Kier alpha value is -1.53. The Morgan fingerprint density at radius 3 is 3.10 bits per heavy atom. The van der Waals surface area contributed by atoms with E-state index in [4.69, 9.17) is 4.42 Å². The van der Waals surface area contributed by atoms with Crippen molar-refractivity contribution in [3.05, 3.63) is 24.1 Å². The SMILES string of the molecule is CC(C)c1nc2cc(NC(=O)C3CSCN3)ccc2o1. The van der Waals surface area contributed by atoms with Crippen LogP contribution < -0.4 is 10.6 Å². The number of aromatic nitrogens is 1. The van der Waals surface area contributed by atoms with Gasteiger partial charge >= 0.3 is 0 Å². The van der Waals surface area contributed by atoms with Crippen LogP contribution in [0.4, 0.5) is 5.69 Å². The van der Waals surface area contributed by atoms with Crippen LogP contribution in [-0.4, -0.2) is 28.6 Å². The Labute approximate surface area is 121 Å². The summed E-state index contributed by atoms with van der Waals surface area (Å²) in [4.78, 5) is 16.5. The number of nitrogens with one attached hydrogen (secondary N) is 2. The zero-order valence-corrected chi connectivity index (χ0v) is 12.3. The first kappa shape index (κ1) is 13.5. The molecular formula is C14H17N3O2S. The number of thioether (sulfide) groups is 1. The van der Waals surface area contributed by atoms with Gasteiger partial charge in [0.05, 0.1) is 6.04 Å². The lowest BCUT2D eigenvalue weighted by Gasteiger charge is -2.10. The molecule has 3 rings (SSSR count). The van der Waals surface area contributed by atoms with Gasteiger partial charge in [-0.15, -0.1) is 11.8 Å². The largest absolute Gasteiger partial charge is 0.440 e. The van der Waals surface area contributed by atoms with E-state index in [0.717, 1.165) is 34.3 Å². The number of hydrogen-bond acceptors (Lipinski definition) is 5. The van der Waals surface area contributed by atoms with Gasteiger partial charge < -0.3 is 9.73 Å². The Bertz CT molecular complexity index is 632. The maximum absolute atomic E-state index is 12.0. The molecule has 0 aliphatic carbocycles. The molecule has 0 saturated carbocycles. The summed E-state index contributed by atoms with van der Waals surface area (Å²) in [6.45, 7) is 4.08. The average molecular weight is 291 g/mol. The smallest absolute Gasteiger partial charge is 0.242 e. The Balaban J connectivity index is 1.79. The number of fused-ring (bicyclic) bond motifs is 1. The number of oxazole rings is 1. The standard InChI is InChI=1S/C14H17N3O2S/c1-8(2)14-17-10-5-9(3-4-12(10)19-14)16-13(18)11-6-20-7-15-11/h3-5,8,11,15H,6-7H2,1-2H3,(H,16,18). The molecular weight excluding hydrogens is 274 g/mol. The summed E-state index contributed by atoms with van der Waals surface area (Å²) in [5.74, 6) is 2.62. The number of rotatable bonds is 3. The molecule has 2 heterocycles. The van der Waals surface area contributed by atoms with Crippen LogP contribution in [0.15, 0.2) is 22.6 Å². The van der Waals surface area contributed by atoms with E-state index in [0.29, 0.717) is 0 Å². The van der Waals surface area contributed by atoms with Crippen molar-refractivity contribution < 1.29 is 9.21 Å². The van der Waals surface area contributed by atoms with Gasteiger partial charge in [0.2, 0.25) is 5.91 Å². The van der Waals surface area contributed by atoms with Gasteiger partial charge in [0, 0.05) is 23.2 Å². The lowest BCUT2D eigenvalue weighted by Crippen LogP contribution is -2.37. The molecule has 20 heavy (non-hydrogen) atoms. The van der Waals surface area contributed by atoms with Gasteiger partial charge in [0.1, 0.15) is 5.52 Å². The molecule has 1 aromatic heterocycles. The Morgan fingerprint density at radius 2 is 2.40 bits per heavy atom. The van der Waals surface area contributed by atoms with Crippen LogP contribution in [0.1, 0.15) is 25.7 Å². The maximum Gasteiger partial charge on any atom is 0.242 e. The van der Waals surface area contributed by atoms with Crippen molar-refractivity contribution in [3.63, 3.8) is 0 Å². The Morgan fingerprint density at radius 1 is 1.55 bits per heavy atom. The molecule has 6 heteroatoms. The fourth-order valence-corrected chi connectivity index (χ4v) is 3.00. The van der Waals surface area contributed by atoms with Crippen LogP contribution in [0.5, 0.6) is 0 Å². The van der Waals surface area contributed by atoms with Gasteiger partial charge in [-0.3, -0.25) is 10.1 Å². The molecule has 2 aromatic rings. The van der Waals surface area contributed by atoms with Crippen LogP contribution in [0, 0.1) is 0 Å². The second-order valence-corrected chi connectivity index (χ2v) is 6.18. The number of carbonyl (C=O) groups is 1. The van der Waals surface area contributed by atoms with E-state index < -0.39 is 0 Å². The molecule has 106 valence electrons. The zero-order chi connectivity index (χ0) is 14.1. The molecule has 1 unspecified atom stereocenters. The number of nitrogens with zero attached hydrogens (tertiary/aromatic N) is 1. The van der Waals surface area contributed by atoms with E-state index in [-0.39, 0.29) is 17.9 Å². The molecule has 0 bridgehead atoms. The second-order valence-electron chi connectivity index (χ2n) is 5.15. The molecule has 1 saturated heterocycles. The van der Waals surface area contributed by atoms with E-state index in [1.165, 1.54) is 0 Å². The molecule has 1 atom stereocenters. The van der Waals surface area contributed by atoms with Crippen molar-refractivity contribution >= 4 is 34.5 Å². The number of benzene rings is 1. The van der Waals surface area contributed by atoms with E-state index in [2.05, 4.69) is 15.6 Å². The molecule has 1 aromatic carbocycles. The molecule has 1 aliphatic heterocycles. The van der Waals surface area contributed by atoms with Crippen LogP contribution in [0.3, 0.4) is 0 Å². The minimum atomic E-state index is -0.112. The summed E-state index contributed by atoms with van der Waals surface area (Å²) in [5, 5.41) is 6.07. The van der Waals surface area contributed by atoms with Gasteiger partial charge in [0.25, 0.3) is 0 Å². The van der Waals surface area contributed by atoms with Gasteiger partial charge in [-0.2, -0.15) is 0 Å². The normalized spacial score (nSPS) is 18.9. The fourth-order valence-electron chi connectivity index (χ4n) is 2.06. The summed E-state index contributed by atoms with van der Waals surface area (Å²) in [7, 11) is 0. The highest BCUT2D eigenvalue weighted by Gasteiger charge is 2.22. The lowest BCUT2D eigenvalue weighted by atomic mass is 10.2. The van der Waals surface area contributed by atoms with Gasteiger partial charge in [-0.05, 0) is 18.2 Å². The van der Waals surface area contributed by atoms with Gasteiger partial charge in [0.15, 0.2) is 11.5 Å². The third kappa shape index (κ3) is 2.66. The summed E-state index contributed by atoms with van der Waals surface area (Å²) in [6.07, 6.45) is 0. The van der Waals surface area contributed by atoms with Crippen molar-refractivity contribution in [1.29, 1.82) is 0 Å². The van der Waals surface area contributed by atoms with E-state index >= 15 is 0 Å². The predicted molar refractivity (Wildman–Crippen MR) is 81.0 cm³/mol. The first-order valence-corrected chi connectivity index (χ1v) is 7.81. The monoisotopic (exact) mass is 291 g/mol. The number of anilines is 1. The molecule has 1 fully saturated rings. The minimum Gasteiger partial charge on any atom is -0.440 e. The number of amides is 1. The fraction of sp³-hybridized carbons (Fsp3) is 0.429. The van der Waals surface area contributed by atoms with Crippen LogP contribution in [0.25, 0.3) is 11.1 Å². The van der Waals surface area contributed by atoms with Crippen molar-refractivity contribution in [3.8, 4) is 0 Å². The van der Waals surface area contributed by atoms with E-state index in [1.807, 2.05) is 32.0 Å². The van der Waals surface area contributed by atoms with Crippen molar-refractivity contribution in [2.24, 2.45) is 0 Å². The first-order chi connectivity index (χ1) is 9.63. The Kier molecular flexibility index (Phi) is 3.67. The highest BCUT2D eigenvalue weighted by Crippen LogP contribution is 2.24. The molecule has 1 aliphatic rings. The highest BCUT2D eigenvalue weighted by molar-refractivity contribution is 7.99. The number of carbonyl (C=O) groups excluding carboxylic acids is 1. The topological polar surface area (TPSA) is 67.2 Å². The molecule has 0 radical (unpaired) electrons. The van der Waals surface area contributed by atoms with E-state index in [1.54, 1.807) is 11.8 Å². The summed E-state index contributed by atoms with van der Waals surface area (Å²) in [5.41, 5.74) is 2.28. The lowest BCUT2D eigenvalue weighted by molar-refractivity contribution is -0.117. The molecule has 1 amide bonds. The predicted octanol–water partition coefficient (Wildman–Crippen LogP) is 2.55. The van der Waals surface area contributed by atoms with Crippen molar-refractivity contribution in [2.45, 2.75) is 25.8 Å². The van der Waals surface area contributed by atoms with E-state index in [9.17, 15) is 4.79 Å². The molecule has 0 spiro atoms. The summed E-state index contributed by atoms with van der Waals surface area (Å²) < 4.78 is 5.65. The van der Waals surface area contributed by atoms with Crippen LogP contribution in [0.2, 0.25) is 0 Å². The van der Waals surface area contributed by atoms with Gasteiger partial charge in [-0.25, -0.2) is 4.98 Å². The summed E-state index contributed by atoms with van der Waals surface area (Å²) >= 11 is 1.73. The number of hydrogen-bond donors (Lipinski definition) is 2. The molecule has 5 nitrogen and oxygen atoms in total. The zero-order valence-electron chi connectivity index (χ0n) is 11.5. The summed E-state index contributed by atoms with van der Waals surface area (Å²) in [6, 6.07) is 5.43. The highest BCUT2D eigenvalue weighted by atomic mass is 32.2. The third-order valence-corrected chi connectivity index (χ3v) is 4.14. The quantitative estimate of drug-likeness (QED) is 0.909. The van der Waals surface area contributed by atoms with Crippen LogP contribution in [-0.2, 0) is 4.79 Å². The van der Waals surface area contributed by atoms with Gasteiger partial charge in [-0.1, -0.05) is 13.8 Å². The van der Waals surface area contributed by atoms with Crippen molar-refractivity contribution in [1.82, 2.24) is 10.3 Å².